The Hall–Kier alpha value is 0.160. The number of hydrogen-bond acceptors (Lipinski definition) is 3. The molecule has 1 aromatic heterocycles. The lowest BCUT2D eigenvalue weighted by atomic mass is 9.71. The largest absolute Gasteiger partial charge is 0.452 e. The van der Waals surface area contributed by atoms with Crippen molar-refractivity contribution >= 4 is 31.9 Å². The van der Waals surface area contributed by atoms with E-state index in [9.17, 15) is 5.11 Å². The maximum absolute atomic E-state index is 10.5. The second kappa shape index (κ2) is 5.88. The third-order valence-corrected chi connectivity index (χ3v) is 5.69. The lowest BCUT2D eigenvalue weighted by Gasteiger charge is -2.40. The number of nitrogens with one attached hydrogen (secondary N) is 1. The molecule has 5 heteroatoms. The van der Waals surface area contributed by atoms with Crippen LogP contribution in [0.1, 0.15) is 45.3 Å². The first-order valence-corrected chi connectivity index (χ1v) is 8.25. The number of hydrogen-bond donors (Lipinski definition) is 2. The first-order chi connectivity index (χ1) is 8.80. The Morgan fingerprint density at radius 1 is 1.26 bits per heavy atom. The molecule has 2 N–H and O–H groups in total. The van der Waals surface area contributed by atoms with Crippen molar-refractivity contribution in [3.63, 3.8) is 0 Å². The van der Waals surface area contributed by atoms with E-state index in [1.165, 1.54) is 0 Å². The van der Waals surface area contributed by atoms with E-state index in [0.29, 0.717) is 23.2 Å². The summed E-state index contributed by atoms with van der Waals surface area (Å²) in [4.78, 5) is 0. The summed E-state index contributed by atoms with van der Waals surface area (Å²) in [5.41, 5.74) is -0.181. The molecule has 0 amide bonds. The molecule has 19 heavy (non-hydrogen) atoms. The maximum Gasteiger partial charge on any atom is 0.183 e. The van der Waals surface area contributed by atoms with Crippen molar-refractivity contribution < 1.29 is 9.52 Å². The highest BCUT2D eigenvalue weighted by molar-refractivity contribution is 9.13. The molecular formula is C14H21Br2NO2. The van der Waals surface area contributed by atoms with Crippen LogP contribution in [-0.4, -0.2) is 17.3 Å². The normalized spacial score (nSPS) is 21.5. The van der Waals surface area contributed by atoms with Gasteiger partial charge in [-0.25, -0.2) is 0 Å². The van der Waals surface area contributed by atoms with Crippen LogP contribution < -0.4 is 5.32 Å². The molecule has 2 rings (SSSR count). The van der Waals surface area contributed by atoms with Gasteiger partial charge in [-0.15, -0.1) is 0 Å². The van der Waals surface area contributed by atoms with Gasteiger partial charge < -0.3 is 14.8 Å². The number of aliphatic hydroxyl groups is 1. The quantitative estimate of drug-likeness (QED) is 0.803. The van der Waals surface area contributed by atoms with Crippen LogP contribution in [0.15, 0.2) is 19.6 Å². The fourth-order valence-corrected chi connectivity index (χ4v) is 3.12. The molecule has 108 valence electrons. The molecule has 1 saturated carbocycles. The van der Waals surface area contributed by atoms with E-state index in [1.807, 2.05) is 6.07 Å². The highest BCUT2D eigenvalue weighted by atomic mass is 79.9. The summed E-state index contributed by atoms with van der Waals surface area (Å²) >= 11 is 6.71. The molecule has 1 aliphatic rings. The summed E-state index contributed by atoms with van der Waals surface area (Å²) in [6.45, 7) is 5.81. The van der Waals surface area contributed by atoms with Crippen LogP contribution >= 0.6 is 31.9 Å². The fraction of sp³-hybridized carbons (Fsp3) is 0.714. The van der Waals surface area contributed by atoms with Crippen molar-refractivity contribution in [3.05, 3.63) is 21.0 Å². The predicted molar refractivity (Wildman–Crippen MR) is 83.0 cm³/mol. The molecule has 0 bridgehead atoms. The average molecular weight is 395 g/mol. The Kier molecular flexibility index (Phi) is 4.81. The second-order valence-electron chi connectivity index (χ2n) is 6.33. The number of rotatable bonds is 4. The Morgan fingerprint density at radius 3 is 2.42 bits per heavy atom. The van der Waals surface area contributed by atoms with Crippen molar-refractivity contribution in [1.29, 1.82) is 0 Å². The molecule has 0 aromatic carbocycles. The van der Waals surface area contributed by atoms with Gasteiger partial charge in [-0.2, -0.15) is 0 Å². The second-order valence-corrected chi connectivity index (χ2v) is 7.90. The molecule has 1 aromatic rings. The first-order valence-electron chi connectivity index (χ1n) is 6.67. The van der Waals surface area contributed by atoms with Gasteiger partial charge in [0.15, 0.2) is 4.67 Å². The minimum atomic E-state index is -0.559. The van der Waals surface area contributed by atoms with Crippen molar-refractivity contribution in [2.45, 2.75) is 51.7 Å². The molecule has 1 fully saturated rings. The van der Waals surface area contributed by atoms with E-state index in [-0.39, 0.29) is 0 Å². The van der Waals surface area contributed by atoms with Gasteiger partial charge in [0.25, 0.3) is 0 Å². The van der Waals surface area contributed by atoms with Crippen molar-refractivity contribution in [3.8, 4) is 0 Å². The van der Waals surface area contributed by atoms with Gasteiger partial charge in [0.1, 0.15) is 5.76 Å². The number of halogens is 2. The van der Waals surface area contributed by atoms with Crippen LogP contribution in [0.5, 0.6) is 0 Å². The number of furan rings is 1. The van der Waals surface area contributed by atoms with Gasteiger partial charge >= 0.3 is 0 Å². The van der Waals surface area contributed by atoms with Crippen LogP contribution in [0, 0.1) is 5.41 Å². The standard InChI is InChI=1S/C14H21Br2NO2/c1-13(2)3-5-14(18,6-4-13)9-17-8-10-7-11(15)12(16)19-10/h7,17-18H,3-6,8-9H2,1-2H3. The van der Waals surface area contributed by atoms with Crippen LogP contribution in [0.3, 0.4) is 0 Å². The molecule has 1 aliphatic carbocycles. The zero-order valence-electron chi connectivity index (χ0n) is 11.4. The molecular weight excluding hydrogens is 374 g/mol. The maximum atomic E-state index is 10.5. The molecule has 0 radical (unpaired) electrons. The van der Waals surface area contributed by atoms with Crippen LogP contribution in [0.25, 0.3) is 0 Å². The van der Waals surface area contributed by atoms with E-state index in [1.54, 1.807) is 0 Å². The Balaban J connectivity index is 1.79. The van der Waals surface area contributed by atoms with Crippen LogP contribution in [0.2, 0.25) is 0 Å². The smallest absolute Gasteiger partial charge is 0.183 e. The predicted octanol–water partition coefficient (Wildman–Crippen LogP) is 4.23. The molecule has 1 heterocycles. The molecule has 3 nitrogen and oxygen atoms in total. The summed E-state index contributed by atoms with van der Waals surface area (Å²) in [6, 6.07) is 1.94. The third kappa shape index (κ3) is 4.31. The first kappa shape index (κ1) is 15.5. The third-order valence-electron chi connectivity index (χ3n) is 3.98. The van der Waals surface area contributed by atoms with E-state index in [4.69, 9.17) is 4.42 Å². The monoisotopic (exact) mass is 393 g/mol. The van der Waals surface area contributed by atoms with E-state index in [0.717, 1.165) is 35.9 Å². The summed E-state index contributed by atoms with van der Waals surface area (Å²) < 4.78 is 7.12. The molecule has 0 spiro atoms. The van der Waals surface area contributed by atoms with Crippen LogP contribution in [0.4, 0.5) is 0 Å². The van der Waals surface area contributed by atoms with Gasteiger partial charge in [0.2, 0.25) is 0 Å². The van der Waals surface area contributed by atoms with Crippen molar-refractivity contribution in [1.82, 2.24) is 5.32 Å². The lowest BCUT2D eigenvalue weighted by Crippen LogP contribution is -2.44. The van der Waals surface area contributed by atoms with E-state index < -0.39 is 5.60 Å². The van der Waals surface area contributed by atoms with Gasteiger partial charge in [0, 0.05) is 6.54 Å². The summed E-state index contributed by atoms with van der Waals surface area (Å²) in [6.07, 6.45) is 3.92. The van der Waals surface area contributed by atoms with Gasteiger partial charge in [-0.1, -0.05) is 13.8 Å². The van der Waals surface area contributed by atoms with Crippen LogP contribution in [-0.2, 0) is 6.54 Å². The van der Waals surface area contributed by atoms with Gasteiger partial charge in [-0.3, -0.25) is 0 Å². The molecule has 0 aliphatic heterocycles. The van der Waals surface area contributed by atoms with Crippen molar-refractivity contribution in [2.24, 2.45) is 5.41 Å². The SMILES string of the molecule is CC1(C)CCC(O)(CNCc2cc(Br)c(Br)o2)CC1. The van der Waals surface area contributed by atoms with Crippen molar-refractivity contribution in [2.75, 3.05) is 6.54 Å². The summed E-state index contributed by atoms with van der Waals surface area (Å²) in [5, 5.41) is 13.8. The fourth-order valence-electron chi connectivity index (χ4n) is 2.47. The highest BCUT2D eigenvalue weighted by Gasteiger charge is 2.36. The van der Waals surface area contributed by atoms with Gasteiger partial charge in [0.05, 0.1) is 16.6 Å². The Morgan fingerprint density at radius 2 is 1.89 bits per heavy atom. The molecule has 0 atom stereocenters. The lowest BCUT2D eigenvalue weighted by molar-refractivity contribution is -0.0247. The topological polar surface area (TPSA) is 45.4 Å². The molecule has 0 unspecified atom stereocenters. The summed E-state index contributed by atoms with van der Waals surface area (Å²) in [5.74, 6) is 0.860. The van der Waals surface area contributed by atoms with E-state index >= 15 is 0 Å². The van der Waals surface area contributed by atoms with Gasteiger partial charge in [-0.05, 0) is 69.0 Å². The molecule has 0 saturated heterocycles. The Labute approximate surface area is 131 Å². The zero-order valence-corrected chi connectivity index (χ0v) is 14.6. The minimum absolute atomic E-state index is 0.378. The van der Waals surface area contributed by atoms with E-state index in [2.05, 4.69) is 51.0 Å². The average Bonchev–Trinajstić information content (AvgIpc) is 2.64. The zero-order chi connectivity index (χ0) is 14.1. The minimum Gasteiger partial charge on any atom is -0.452 e. The highest BCUT2D eigenvalue weighted by Crippen LogP contribution is 2.39. The Bertz CT molecular complexity index is 413. The summed E-state index contributed by atoms with van der Waals surface area (Å²) in [7, 11) is 0.